The Morgan fingerprint density at radius 3 is 2.45 bits per heavy atom. The van der Waals surface area contributed by atoms with Crippen molar-refractivity contribution in [3.05, 3.63) is 22.3 Å². The van der Waals surface area contributed by atoms with Crippen LogP contribution in [0, 0.1) is 22.7 Å². The highest BCUT2D eigenvalue weighted by atomic mass is 16.7. The molecule has 0 radical (unpaired) electrons. The van der Waals surface area contributed by atoms with E-state index in [9.17, 15) is 19.5 Å². The largest absolute Gasteiger partial charge is 0.455 e. The van der Waals surface area contributed by atoms with E-state index < -0.39 is 34.7 Å². The summed E-state index contributed by atoms with van der Waals surface area (Å²) in [7, 11) is 0. The first-order valence-electron chi connectivity index (χ1n) is 11.1. The number of carbonyl (C=O) groups excluding carboxylic acids is 3. The lowest BCUT2D eigenvalue weighted by Gasteiger charge is -2.54. The van der Waals surface area contributed by atoms with Gasteiger partial charge < -0.3 is 19.3 Å². The average molecular weight is 430 g/mol. The van der Waals surface area contributed by atoms with Gasteiger partial charge in [-0.15, -0.1) is 0 Å². The maximum Gasteiger partial charge on any atom is 0.314 e. The summed E-state index contributed by atoms with van der Waals surface area (Å²) in [4.78, 5) is 38.9. The molecule has 0 bridgehead atoms. The van der Waals surface area contributed by atoms with Crippen molar-refractivity contribution in [3.63, 3.8) is 0 Å². The number of aliphatic hydroxyl groups is 1. The Morgan fingerprint density at radius 2 is 1.77 bits per heavy atom. The number of hydrogen-bond donors (Lipinski definition) is 1. The van der Waals surface area contributed by atoms with Crippen molar-refractivity contribution < 1.29 is 33.7 Å². The number of ether oxygens (including phenoxy) is 3. The Bertz CT molecular complexity index is 972. The molecule has 5 aliphatic rings. The molecule has 3 fully saturated rings. The Balaban J connectivity index is 1.76. The van der Waals surface area contributed by atoms with E-state index in [1.165, 1.54) is 0 Å². The summed E-state index contributed by atoms with van der Waals surface area (Å²) < 4.78 is 17.1. The summed E-state index contributed by atoms with van der Waals surface area (Å²) in [6.07, 6.45) is 0.413. The van der Waals surface area contributed by atoms with E-state index in [4.69, 9.17) is 14.2 Å². The van der Waals surface area contributed by atoms with Gasteiger partial charge >= 0.3 is 11.9 Å². The van der Waals surface area contributed by atoms with Crippen molar-refractivity contribution in [1.29, 1.82) is 0 Å². The van der Waals surface area contributed by atoms with E-state index in [-0.39, 0.29) is 36.7 Å². The molecule has 7 heteroatoms. The van der Waals surface area contributed by atoms with Crippen molar-refractivity contribution in [3.8, 4) is 0 Å². The molecule has 5 rings (SSSR count). The predicted molar refractivity (Wildman–Crippen MR) is 108 cm³/mol. The fraction of sp³-hybridized carbons (Fsp3) is 0.708. The molecule has 1 N–H and O–H groups in total. The highest BCUT2D eigenvalue weighted by Crippen LogP contribution is 2.66. The maximum absolute atomic E-state index is 13.5. The standard InChI is InChI=1S/C24H30O7/c1-11-19(27)17-18-20(29-11)30-21(28)24(18,5)9-15-13(10-25)12-8-16(26)31-22(2,3)14(12)6-7-23(15,17)4/h11,17-18,20,25H,6-10H2,1-5H3/t11-,17+,18-,20-,23+,24-/m1/s1. The van der Waals surface area contributed by atoms with Gasteiger partial charge in [-0.25, -0.2) is 0 Å². The van der Waals surface area contributed by atoms with Gasteiger partial charge in [-0.05, 0) is 69.1 Å². The third-order valence-electron chi connectivity index (χ3n) is 8.60. The summed E-state index contributed by atoms with van der Waals surface area (Å²) >= 11 is 0. The van der Waals surface area contributed by atoms with E-state index in [2.05, 4.69) is 6.92 Å². The number of Topliss-reactive ketones (excluding diaryl/α,β-unsaturated/α-hetero) is 1. The molecule has 7 nitrogen and oxygen atoms in total. The van der Waals surface area contributed by atoms with Gasteiger partial charge in [0.25, 0.3) is 0 Å². The fourth-order valence-electron chi connectivity index (χ4n) is 7.00. The van der Waals surface area contributed by atoms with Gasteiger partial charge in [0, 0.05) is 11.8 Å². The van der Waals surface area contributed by atoms with Gasteiger partial charge in [0.05, 0.1) is 18.4 Å². The van der Waals surface area contributed by atoms with E-state index >= 15 is 0 Å². The quantitative estimate of drug-likeness (QED) is 0.639. The van der Waals surface area contributed by atoms with Crippen LogP contribution < -0.4 is 0 Å². The lowest BCUT2D eigenvalue weighted by Crippen LogP contribution is -2.59. The first-order valence-corrected chi connectivity index (χ1v) is 11.1. The topological polar surface area (TPSA) is 99.1 Å². The second-order valence-electron chi connectivity index (χ2n) is 10.7. The number of carbonyl (C=O) groups is 3. The second-order valence-corrected chi connectivity index (χ2v) is 10.7. The van der Waals surface area contributed by atoms with Gasteiger partial charge in [0.1, 0.15) is 11.7 Å². The molecule has 0 unspecified atom stereocenters. The van der Waals surface area contributed by atoms with Crippen molar-refractivity contribution in [2.75, 3.05) is 6.61 Å². The minimum atomic E-state index is -0.907. The highest BCUT2D eigenvalue weighted by Gasteiger charge is 2.70. The first kappa shape index (κ1) is 20.9. The molecular formula is C24H30O7. The van der Waals surface area contributed by atoms with Gasteiger partial charge in [-0.2, -0.15) is 0 Å². The highest BCUT2D eigenvalue weighted by molar-refractivity contribution is 5.91. The molecule has 31 heavy (non-hydrogen) atoms. The Hall–Kier alpha value is -1.99. The Kier molecular flexibility index (Phi) is 4.24. The third-order valence-corrected chi connectivity index (χ3v) is 8.60. The number of rotatable bonds is 1. The number of cyclic esters (lactones) is 1. The van der Waals surface area contributed by atoms with Crippen molar-refractivity contribution in [2.45, 2.75) is 78.3 Å². The third kappa shape index (κ3) is 2.56. The average Bonchev–Trinajstić information content (AvgIpc) is 2.83. The van der Waals surface area contributed by atoms with Crippen LogP contribution >= 0.6 is 0 Å². The van der Waals surface area contributed by atoms with Crippen LogP contribution in [-0.2, 0) is 28.6 Å². The minimum Gasteiger partial charge on any atom is -0.455 e. The van der Waals surface area contributed by atoms with Gasteiger partial charge in [-0.1, -0.05) is 12.5 Å². The number of esters is 2. The summed E-state index contributed by atoms with van der Waals surface area (Å²) in [5.74, 6) is -1.52. The number of hydrogen-bond acceptors (Lipinski definition) is 7. The van der Waals surface area contributed by atoms with Crippen LogP contribution in [0.3, 0.4) is 0 Å². The normalized spacial score (nSPS) is 43.6. The molecule has 168 valence electrons. The van der Waals surface area contributed by atoms with Crippen LogP contribution in [0.2, 0.25) is 0 Å². The summed E-state index contributed by atoms with van der Waals surface area (Å²) in [6.45, 7) is 9.14. The van der Waals surface area contributed by atoms with E-state index in [0.717, 1.165) is 16.7 Å². The van der Waals surface area contributed by atoms with Crippen LogP contribution in [0.5, 0.6) is 0 Å². The molecule has 0 aromatic carbocycles. The summed E-state index contributed by atoms with van der Waals surface area (Å²) in [6, 6.07) is 0. The molecule has 2 saturated heterocycles. The Labute approximate surface area is 181 Å². The monoisotopic (exact) mass is 430 g/mol. The SMILES string of the molecule is C[C@H]1O[C@@H]2OC(=O)[C@]3(C)CC4=C(CO)C5=C(CC[C@]4(C)[C@H](C1=O)[C@H]23)C(C)(C)OC(=O)C5. The zero-order chi connectivity index (χ0) is 22.5. The van der Waals surface area contributed by atoms with Crippen molar-refractivity contribution in [2.24, 2.45) is 22.7 Å². The van der Waals surface area contributed by atoms with Crippen LogP contribution in [0.4, 0.5) is 0 Å². The van der Waals surface area contributed by atoms with Crippen molar-refractivity contribution in [1.82, 2.24) is 0 Å². The summed E-state index contributed by atoms with van der Waals surface area (Å²) in [5, 5.41) is 10.5. The Morgan fingerprint density at radius 1 is 1.06 bits per heavy atom. The maximum atomic E-state index is 13.5. The smallest absolute Gasteiger partial charge is 0.314 e. The molecule has 0 aromatic heterocycles. The zero-order valence-corrected chi connectivity index (χ0v) is 18.7. The van der Waals surface area contributed by atoms with Crippen LogP contribution in [0.25, 0.3) is 0 Å². The van der Waals surface area contributed by atoms with Crippen LogP contribution in [-0.4, -0.2) is 47.4 Å². The molecule has 0 amide bonds. The molecule has 3 aliphatic heterocycles. The lowest BCUT2D eigenvalue weighted by molar-refractivity contribution is -0.212. The lowest BCUT2D eigenvalue weighted by atomic mass is 9.48. The number of aliphatic hydroxyl groups excluding tert-OH is 1. The molecule has 0 spiro atoms. The molecular weight excluding hydrogens is 400 g/mol. The van der Waals surface area contributed by atoms with Crippen LogP contribution in [0.1, 0.15) is 60.3 Å². The van der Waals surface area contributed by atoms with Gasteiger partial charge in [0.15, 0.2) is 5.78 Å². The molecule has 0 aromatic rings. The number of ketones is 1. The van der Waals surface area contributed by atoms with Crippen molar-refractivity contribution >= 4 is 17.7 Å². The molecule has 3 heterocycles. The first-order chi connectivity index (χ1) is 14.4. The number of allylic oxidation sites excluding steroid dienone is 1. The molecule has 2 aliphatic carbocycles. The molecule has 1 saturated carbocycles. The molecule has 6 atom stereocenters. The van der Waals surface area contributed by atoms with E-state index in [1.807, 2.05) is 20.8 Å². The summed E-state index contributed by atoms with van der Waals surface area (Å²) in [5.41, 5.74) is 1.18. The van der Waals surface area contributed by atoms with Crippen LogP contribution in [0.15, 0.2) is 22.3 Å². The van der Waals surface area contributed by atoms with E-state index in [0.29, 0.717) is 24.8 Å². The number of fused-ring (bicyclic) bond motifs is 2. The van der Waals surface area contributed by atoms with Gasteiger partial charge in [-0.3, -0.25) is 14.4 Å². The van der Waals surface area contributed by atoms with E-state index in [1.54, 1.807) is 6.92 Å². The fourth-order valence-corrected chi connectivity index (χ4v) is 7.00. The van der Waals surface area contributed by atoms with Gasteiger partial charge in [0.2, 0.25) is 6.29 Å². The second kappa shape index (κ2) is 6.29. The zero-order valence-electron chi connectivity index (χ0n) is 18.7. The minimum absolute atomic E-state index is 0.0192. The predicted octanol–water partition coefficient (Wildman–Crippen LogP) is 2.61.